The van der Waals surface area contributed by atoms with E-state index in [1.165, 1.54) is 18.3 Å². The monoisotopic (exact) mass is 375 g/mol. The molecule has 1 saturated carbocycles. The van der Waals surface area contributed by atoms with E-state index in [2.05, 4.69) is 20.4 Å². The summed E-state index contributed by atoms with van der Waals surface area (Å²) in [6, 6.07) is 16.0. The van der Waals surface area contributed by atoms with E-state index in [0.717, 1.165) is 24.1 Å². The van der Waals surface area contributed by atoms with Crippen LogP contribution in [0.1, 0.15) is 24.4 Å². The second-order valence-electron chi connectivity index (χ2n) is 7.05. The van der Waals surface area contributed by atoms with Crippen molar-refractivity contribution < 1.29 is 4.39 Å². The van der Waals surface area contributed by atoms with Crippen molar-refractivity contribution in [1.29, 1.82) is 0 Å². The SMILES string of the molecule is O=c1[nH]c(NC(c2ccc(F)cc2)C2CC2)nc2c1cnn2-c1ccccc1. The van der Waals surface area contributed by atoms with E-state index in [1.54, 1.807) is 16.8 Å². The lowest BCUT2D eigenvalue weighted by atomic mass is 10.0. The van der Waals surface area contributed by atoms with E-state index < -0.39 is 0 Å². The van der Waals surface area contributed by atoms with Gasteiger partial charge in [0.05, 0.1) is 17.9 Å². The zero-order chi connectivity index (χ0) is 19.1. The van der Waals surface area contributed by atoms with Crippen LogP contribution in [0.5, 0.6) is 0 Å². The summed E-state index contributed by atoms with van der Waals surface area (Å²) in [5.74, 6) is 0.555. The van der Waals surface area contributed by atoms with E-state index in [9.17, 15) is 9.18 Å². The average molecular weight is 375 g/mol. The fraction of sp³-hybridized carbons (Fsp3) is 0.190. The highest BCUT2D eigenvalue weighted by atomic mass is 19.1. The molecule has 2 heterocycles. The lowest BCUT2D eigenvalue weighted by Gasteiger charge is -2.19. The minimum Gasteiger partial charge on any atom is -0.349 e. The molecule has 140 valence electrons. The molecule has 0 amide bonds. The summed E-state index contributed by atoms with van der Waals surface area (Å²) in [5.41, 5.74) is 2.05. The minimum atomic E-state index is -0.266. The lowest BCUT2D eigenvalue weighted by Crippen LogP contribution is -2.19. The van der Waals surface area contributed by atoms with Crippen molar-refractivity contribution in [1.82, 2.24) is 19.7 Å². The third-order valence-electron chi connectivity index (χ3n) is 5.05. The summed E-state index contributed by atoms with van der Waals surface area (Å²) in [7, 11) is 0. The van der Waals surface area contributed by atoms with Gasteiger partial charge in [0.15, 0.2) is 5.65 Å². The Bertz CT molecular complexity index is 1180. The van der Waals surface area contributed by atoms with Crippen LogP contribution >= 0.6 is 0 Å². The molecule has 6 nitrogen and oxygen atoms in total. The fourth-order valence-electron chi connectivity index (χ4n) is 3.47. The molecule has 1 fully saturated rings. The standard InChI is InChI=1S/C21H18FN5O/c22-15-10-8-14(9-11-15)18(13-6-7-13)24-21-25-19-17(20(28)26-21)12-23-27(19)16-4-2-1-3-5-16/h1-5,8-13,18H,6-7H2,(H2,24,25,26,28). The molecule has 7 heteroatoms. The molecular weight excluding hydrogens is 357 g/mol. The summed E-state index contributed by atoms with van der Waals surface area (Å²) in [4.78, 5) is 20.0. The van der Waals surface area contributed by atoms with Crippen molar-refractivity contribution in [3.05, 3.63) is 82.5 Å². The number of halogens is 1. The van der Waals surface area contributed by atoms with Crippen LogP contribution in [0.3, 0.4) is 0 Å². The first-order valence-corrected chi connectivity index (χ1v) is 9.24. The smallest absolute Gasteiger partial charge is 0.263 e. The molecule has 2 N–H and O–H groups in total. The van der Waals surface area contributed by atoms with Gasteiger partial charge in [0, 0.05) is 0 Å². The van der Waals surface area contributed by atoms with Crippen LogP contribution in [0, 0.1) is 11.7 Å². The van der Waals surface area contributed by atoms with Crippen molar-refractivity contribution >= 4 is 17.0 Å². The Hall–Kier alpha value is -3.48. The molecule has 0 bridgehead atoms. The average Bonchev–Trinajstić information content (AvgIpc) is 3.46. The van der Waals surface area contributed by atoms with Gasteiger partial charge in [-0.05, 0) is 48.6 Å². The summed E-state index contributed by atoms with van der Waals surface area (Å²) in [5, 5.41) is 8.10. The van der Waals surface area contributed by atoms with Crippen molar-refractivity contribution in [2.75, 3.05) is 5.32 Å². The van der Waals surface area contributed by atoms with Gasteiger partial charge in [-0.2, -0.15) is 10.1 Å². The van der Waals surface area contributed by atoms with E-state index in [0.29, 0.717) is 22.9 Å². The molecule has 4 aromatic rings. The van der Waals surface area contributed by atoms with E-state index >= 15 is 0 Å². The maximum atomic E-state index is 13.3. The molecule has 0 spiro atoms. The van der Waals surface area contributed by atoms with Crippen molar-refractivity contribution in [3.63, 3.8) is 0 Å². The minimum absolute atomic E-state index is 0.0331. The second kappa shape index (κ2) is 6.60. The molecule has 28 heavy (non-hydrogen) atoms. The molecular formula is C21H18FN5O. The number of H-pyrrole nitrogens is 1. The summed E-state index contributed by atoms with van der Waals surface area (Å²) in [6.45, 7) is 0. The Labute approximate surface area is 160 Å². The number of fused-ring (bicyclic) bond motifs is 1. The molecule has 0 radical (unpaired) electrons. The quantitative estimate of drug-likeness (QED) is 0.556. The first-order chi connectivity index (χ1) is 13.7. The summed E-state index contributed by atoms with van der Waals surface area (Å²) >= 11 is 0. The van der Waals surface area contributed by atoms with Gasteiger partial charge in [0.1, 0.15) is 11.2 Å². The van der Waals surface area contributed by atoms with Gasteiger partial charge in [-0.25, -0.2) is 9.07 Å². The molecule has 2 aromatic heterocycles. The van der Waals surface area contributed by atoms with E-state index in [1.807, 2.05) is 30.3 Å². The number of nitrogens with one attached hydrogen (secondary N) is 2. The molecule has 1 unspecified atom stereocenters. The predicted octanol–water partition coefficient (Wildman–Crippen LogP) is 3.81. The summed E-state index contributed by atoms with van der Waals surface area (Å²) in [6.07, 6.45) is 3.70. The number of para-hydroxylation sites is 1. The van der Waals surface area contributed by atoms with Gasteiger partial charge < -0.3 is 5.32 Å². The number of aromatic nitrogens is 4. The highest BCUT2D eigenvalue weighted by Crippen LogP contribution is 2.42. The maximum Gasteiger partial charge on any atom is 0.263 e. The number of hydrogen-bond donors (Lipinski definition) is 2. The zero-order valence-electron chi connectivity index (χ0n) is 15.0. The first-order valence-electron chi connectivity index (χ1n) is 9.24. The van der Waals surface area contributed by atoms with Crippen LogP contribution in [0.25, 0.3) is 16.7 Å². The first kappa shape index (κ1) is 16.7. The third-order valence-corrected chi connectivity index (χ3v) is 5.05. The number of rotatable bonds is 5. The number of anilines is 1. The predicted molar refractivity (Wildman–Crippen MR) is 105 cm³/mol. The van der Waals surface area contributed by atoms with Gasteiger partial charge >= 0.3 is 0 Å². The zero-order valence-corrected chi connectivity index (χ0v) is 15.0. The van der Waals surface area contributed by atoms with Crippen molar-refractivity contribution in [2.24, 2.45) is 5.92 Å². The number of aromatic amines is 1. The van der Waals surface area contributed by atoms with Gasteiger partial charge in [0.2, 0.25) is 5.95 Å². The fourth-order valence-corrected chi connectivity index (χ4v) is 3.47. The Balaban J connectivity index is 1.55. The molecule has 0 saturated heterocycles. The van der Waals surface area contributed by atoms with Crippen LogP contribution in [0.15, 0.2) is 65.6 Å². The molecule has 1 aliphatic rings. The van der Waals surface area contributed by atoms with Crippen LogP contribution in [-0.2, 0) is 0 Å². The van der Waals surface area contributed by atoms with Crippen LogP contribution < -0.4 is 10.9 Å². The van der Waals surface area contributed by atoms with Crippen LogP contribution in [0.4, 0.5) is 10.3 Å². The Morgan fingerprint density at radius 2 is 1.86 bits per heavy atom. The normalized spacial score (nSPS) is 14.9. The number of nitrogens with zero attached hydrogens (tertiary/aromatic N) is 3. The molecule has 2 aromatic carbocycles. The van der Waals surface area contributed by atoms with Crippen LogP contribution in [0.2, 0.25) is 0 Å². The van der Waals surface area contributed by atoms with Gasteiger partial charge in [0.25, 0.3) is 5.56 Å². The van der Waals surface area contributed by atoms with Gasteiger partial charge in [-0.15, -0.1) is 0 Å². The highest BCUT2D eigenvalue weighted by Gasteiger charge is 2.33. The van der Waals surface area contributed by atoms with E-state index in [-0.39, 0.29) is 17.4 Å². The lowest BCUT2D eigenvalue weighted by molar-refractivity contribution is 0.622. The largest absolute Gasteiger partial charge is 0.349 e. The Kier molecular flexibility index (Phi) is 3.93. The molecule has 5 rings (SSSR count). The van der Waals surface area contributed by atoms with E-state index in [4.69, 9.17) is 0 Å². The summed E-state index contributed by atoms with van der Waals surface area (Å²) < 4.78 is 15.0. The van der Waals surface area contributed by atoms with Gasteiger partial charge in [-0.3, -0.25) is 9.78 Å². The third kappa shape index (κ3) is 3.05. The Morgan fingerprint density at radius 1 is 1.11 bits per heavy atom. The highest BCUT2D eigenvalue weighted by molar-refractivity contribution is 5.76. The molecule has 0 aliphatic heterocycles. The molecule has 1 aliphatic carbocycles. The second-order valence-corrected chi connectivity index (χ2v) is 7.05. The van der Waals surface area contributed by atoms with Crippen molar-refractivity contribution in [2.45, 2.75) is 18.9 Å². The maximum absolute atomic E-state index is 13.3. The molecule has 1 atom stereocenters. The van der Waals surface area contributed by atoms with Crippen LogP contribution in [-0.4, -0.2) is 19.7 Å². The number of hydrogen-bond acceptors (Lipinski definition) is 4. The van der Waals surface area contributed by atoms with Crippen molar-refractivity contribution in [3.8, 4) is 5.69 Å². The number of benzene rings is 2. The van der Waals surface area contributed by atoms with Gasteiger partial charge in [-0.1, -0.05) is 30.3 Å². The Morgan fingerprint density at radius 3 is 2.57 bits per heavy atom. The topological polar surface area (TPSA) is 75.6 Å².